The van der Waals surface area contributed by atoms with Crippen molar-refractivity contribution in [2.75, 3.05) is 55.2 Å². The van der Waals surface area contributed by atoms with Crippen LogP contribution in [-0.4, -0.2) is 70.7 Å². The van der Waals surface area contributed by atoms with E-state index in [1.165, 1.54) is 42.7 Å². The Morgan fingerprint density at radius 1 is 0.714 bits per heavy atom. The van der Waals surface area contributed by atoms with Crippen molar-refractivity contribution in [3.63, 3.8) is 0 Å². The van der Waals surface area contributed by atoms with Crippen LogP contribution in [0.25, 0.3) is 11.4 Å². The smallest absolute Gasteiger partial charge is 0.292 e. The summed E-state index contributed by atoms with van der Waals surface area (Å²) in [7, 11) is 10.6. The fourth-order valence-corrected chi connectivity index (χ4v) is 4.10. The van der Waals surface area contributed by atoms with E-state index in [0.29, 0.717) is 57.1 Å². The normalized spacial score (nSPS) is 11.0. The number of nitrogens with one attached hydrogen (secondary N) is 2. The molecule has 0 aliphatic rings. The Hall–Kier alpha value is -5.46. The molecule has 0 fully saturated rings. The van der Waals surface area contributed by atoms with Gasteiger partial charge in [-0.1, -0.05) is 0 Å². The van der Waals surface area contributed by atoms with Crippen LogP contribution in [0.4, 0.5) is 5.69 Å². The number of rotatable bonds is 12. The predicted molar refractivity (Wildman–Crippen MR) is 156 cm³/mol. The molecule has 13 nitrogen and oxygen atoms in total. The highest BCUT2D eigenvalue weighted by Gasteiger charge is 2.22. The van der Waals surface area contributed by atoms with Crippen LogP contribution < -0.4 is 44.1 Å². The van der Waals surface area contributed by atoms with Gasteiger partial charge in [0, 0.05) is 11.1 Å². The molecule has 4 aromatic rings. The second-order valence-corrected chi connectivity index (χ2v) is 8.47. The molecule has 0 radical (unpaired) electrons. The van der Waals surface area contributed by atoms with E-state index in [2.05, 4.69) is 25.7 Å². The van der Waals surface area contributed by atoms with E-state index in [0.717, 1.165) is 0 Å². The third kappa shape index (κ3) is 5.99. The van der Waals surface area contributed by atoms with Crippen molar-refractivity contribution in [3.8, 4) is 51.6 Å². The van der Waals surface area contributed by atoms with E-state index in [1.807, 2.05) is 0 Å². The van der Waals surface area contributed by atoms with Gasteiger partial charge in [-0.3, -0.25) is 10.2 Å². The minimum atomic E-state index is -0.588. The fourth-order valence-electron chi connectivity index (χ4n) is 4.10. The van der Waals surface area contributed by atoms with E-state index in [1.54, 1.807) is 55.6 Å². The lowest BCUT2D eigenvalue weighted by Crippen LogP contribution is -2.24. The van der Waals surface area contributed by atoms with Gasteiger partial charge >= 0.3 is 0 Å². The number of hydrazone groups is 1. The molecular formula is C29H31N5O8. The number of nitrogens with zero attached hydrogens (tertiary/aromatic N) is 3. The Bertz CT molecular complexity index is 1590. The zero-order valence-corrected chi connectivity index (χ0v) is 24.2. The second-order valence-electron chi connectivity index (χ2n) is 8.47. The number of aromatic amines is 1. The molecule has 0 amide bonds. The molecule has 0 aliphatic heterocycles. The van der Waals surface area contributed by atoms with E-state index in [4.69, 9.17) is 33.2 Å². The van der Waals surface area contributed by atoms with Gasteiger partial charge in [-0.05, 0) is 48.5 Å². The first-order valence-electron chi connectivity index (χ1n) is 12.5. The van der Waals surface area contributed by atoms with Crippen molar-refractivity contribution in [1.29, 1.82) is 0 Å². The summed E-state index contributed by atoms with van der Waals surface area (Å²) < 4.78 is 38.1. The molecule has 42 heavy (non-hydrogen) atoms. The van der Waals surface area contributed by atoms with Gasteiger partial charge in [-0.15, -0.1) is 0 Å². The maximum absolute atomic E-state index is 13.2. The average molecular weight is 578 g/mol. The zero-order chi connectivity index (χ0) is 30.2. The quantitative estimate of drug-likeness (QED) is 0.187. The summed E-state index contributed by atoms with van der Waals surface area (Å²) in [5.41, 5.74) is 4.11. The first-order valence-corrected chi connectivity index (χ1v) is 12.5. The molecule has 220 valence electrons. The third-order valence-electron chi connectivity index (χ3n) is 6.17. The number of hydrogen-bond acceptors (Lipinski definition) is 12. The Morgan fingerprint density at radius 2 is 1.24 bits per heavy atom. The molecule has 1 aromatic heterocycles. The fraction of sp³-hybridized carbons (Fsp3) is 0.241. The summed E-state index contributed by atoms with van der Waals surface area (Å²) in [6, 6.07) is 13.8. The van der Waals surface area contributed by atoms with Crippen molar-refractivity contribution in [3.05, 3.63) is 70.1 Å². The molecule has 3 aromatic carbocycles. The van der Waals surface area contributed by atoms with Crippen molar-refractivity contribution >= 4 is 11.4 Å². The number of benzene rings is 3. The molecule has 0 saturated carbocycles. The van der Waals surface area contributed by atoms with Crippen LogP contribution in [0.1, 0.15) is 11.3 Å². The summed E-state index contributed by atoms with van der Waals surface area (Å²) in [6.07, 6.45) is 0. The molecule has 2 N–H and O–H groups in total. The molecule has 1 heterocycles. The Kier molecular flexibility index (Phi) is 9.32. The van der Waals surface area contributed by atoms with Gasteiger partial charge in [0.05, 0.1) is 55.5 Å². The highest BCUT2D eigenvalue weighted by molar-refractivity contribution is 6.12. The SMILES string of the molecule is COc1ccc(N/N=C(\c2cc(OC)c(OC)c(OC)c2)c2nc(-c3cc(OC)c(OC)c(OC)c3)n[nH]c2=O)cc1. The highest BCUT2D eigenvalue weighted by Crippen LogP contribution is 2.41. The summed E-state index contributed by atoms with van der Waals surface area (Å²) >= 11 is 0. The number of methoxy groups -OCH3 is 7. The number of aromatic nitrogens is 3. The van der Waals surface area contributed by atoms with E-state index in [9.17, 15) is 4.79 Å². The van der Waals surface area contributed by atoms with Crippen LogP contribution in [0.5, 0.6) is 40.2 Å². The summed E-state index contributed by atoms with van der Waals surface area (Å²) in [5.74, 6) is 3.13. The predicted octanol–water partition coefficient (Wildman–Crippen LogP) is 3.76. The zero-order valence-electron chi connectivity index (χ0n) is 24.2. The molecule has 4 rings (SSSR count). The van der Waals surface area contributed by atoms with Crippen molar-refractivity contribution in [1.82, 2.24) is 15.2 Å². The summed E-state index contributed by atoms with van der Waals surface area (Å²) in [6.45, 7) is 0. The van der Waals surface area contributed by atoms with Gasteiger partial charge in [0.25, 0.3) is 5.56 Å². The minimum Gasteiger partial charge on any atom is -0.497 e. The van der Waals surface area contributed by atoms with Gasteiger partial charge in [0.1, 0.15) is 11.5 Å². The van der Waals surface area contributed by atoms with Crippen molar-refractivity contribution in [2.24, 2.45) is 5.10 Å². The van der Waals surface area contributed by atoms with Gasteiger partial charge in [-0.25, -0.2) is 10.1 Å². The number of ether oxygens (including phenoxy) is 7. The number of hydrogen-bond donors (Lipinski definition) is 2. The van der Waals surface area contributed by atoms with Crippen LogP contribution in [0.15, 0.2) is 58.4 Å². The molecule has 0 unspecified atom stereocenters. The first kappa shape index (κ1) is 29.5. The first-order chi connectivity index (χ1) is 20.4. The van der Waals surface area contributed by atoms with E-state index in [-0.39, 0.29) is 17.2 Å². The molecule has 0 atom stereocenters. The topological polar surface area (TPSA) is 148 Å². The van der Waals surface area contributed by atoms with Gasteiger partial charge in [0.2, 0.25) is 11.5 Å². The van der Waals surface area contributed by atoms with E-state index < -0.39 is 5.56 Å². The van der Waals surface area contributed by atoms with Gasteiger partial charge in [-0.2, -0.15) is 10.2 Å². The monoisotopic (exact) mass is 577 g/mol. The largest absolute Gasteiger partial charge is 0.497 e. The minimum absolute atomic E-state index is 0.0379. The standard InChI is InChI=1S/C29H31N5O8/c1-36-19-10-8-18(9-11-19)31-32-24(16-12-20(37-2)26(41-6)21(13-16)38-3)25-29(35)34-33-28(30-25)17-14-22(39-4)27(42-7)23(15-17)40-5/h8-15,31H,1-7H3,(H,34,35)/b32-24+. The van der Waals surface area contributed by atoms with Crippen LogP contribution >= 0.6 is 0 Å². The van der Waals surface area contributed by atoms with Crippen molar-refractivity contribution < 1.29 is 33.2 Å². The summed E-state index contributed by atoms with van der Waals surface area (Å²) in [4.78, 5) is 17.8. The average Bonchev–Trinajstić information content (AvgIpc) is 3.04. The molecule has 0 aliphatic carbocycles. The maximum atomic E-state index is 13.2. The Labute approximate surface area is 242 Å². The van der Waals surface area contributed by atoms with Gasteiger partial charge < -0.3 is 33.2 Å². The molecule has 0 saturated heterocycles. The van der Waals surface area contributed by atoms with Crippen molar-refractivity contribution in [2.45, 2.75) is 0 Å². The van der Waals surface area contributed by atoms with E-state index >= 15 is 0 Å². The Balaban J connectivity index is 1.92. The highest BCUT2D eigenvalue weighted by atomic mass is 16.5. The van der Waals surface area contributed by atoms with Gasteiger partial charge in [0.15, 0.2) is 34.5 Å². The second kappa shape index (κ2) is 13.3. The van der Waals surface area contributed by atoms with Crippen LogP contribution in [0, 0.1) is 0 Å². The molecule has 0 bridgehead atoms. The summed E-state index contributed by atoms with van der Waals surface area (Å²) in [5, 5.41) is 11.3. The lowest BCUT2D eigenvalue weighted by molar-refractivity contribution is 0.324. The number of anilines is 1. The lowest BCUT2D eigenvalue weighted by Gasteiger charge is -2.16. The molecule has 13 heteroatoms. The van der Waals surface area contributed by atoms with Crippen LogP contribution in [-0.2, 0) is 0 Å². The lowest BCUT2D eigenvalue weighted by atomic mass is 10.1. The molecule has 0 spiro atoms. The van der Waals surface area contributed by atoms with Crippen LogP contribution in [0.2, 0.25) is 0 Å². The third-order valence-corrected chi connectivity index (χ3v) is 6.17. The Morgan fingerprint density at radius 3 is 1.71 bits per heavy atom. The molecular weight excluding hydrogens is 546 g/mol. The number of H-pyrrole nitrogens is 1. The van der Waals surface area contributed by atoms with Crippen LogP contribution in [0.3, 0.4) is 0 Å². The maximum Gasteiger partial charge on any atom is 0.292 e.